The van der Waals surface area contributed by atoms with Gasteiger partial charge < -0.3 is 10.0 Å². The molecule has 0 fully saturated rings. The van der Waals surface area contributed by atoms with Gasteiger partial charge in [-0.1, -0.05) is 6.92 Å². The van der Waals surface area contributed by atoms with E-state index in [0.29, 0.717) is 12.1 Å². The molecule has 1 rings (SSSR count). The average molecular weight is 212 g/mol. The van der Waals surface area contributed by atoms with Crippen molar-refractivity contribution in [3.05, 3.63) is 11.8 Å². The third kappa shape index (κ3) is 4.08. The minimum absolute atomic E-state index is 0.250. The van der Waals surface area contributed by atoms with Gasteiger partial charge in [-0.25, -0.2) is 0 Å². The Kier molecular flexibility index (Phi) is 6.29. The van der Waals surface area contributed by atoms with Crippen molar-refractivity contribution in [2.24, 2.45) is 0 Å². The van der Waals surface area contributed by atoms with Gasteiger partial charge in [0.15, 0.2) is 0 Å². The molecule has 0 saturated carbocycles. The molecule has 15 heavy (non-hydrogen) atoms. The van der Waals surface area contributed by atoms with Crippen LogP contribution in [0.25, 0.3) is 0 Å². The number of aryl methyl sites for hydroxylation is 2. The Labute approximate surface area is 87.7 Å². The first-order valence-corrected chi connectivity index (χ1v) is 4.52. The van der Waals surface area contributed by atoms with Gasteiger partial charge in [0.25, 0.3) is 0 Å². The van der Waals surface area contributed by atoms with E-state index in [1.807, 2.05) is 13.8 Å². The summed E-state index contributed by atoms with van der Waals surface area (Å²) < 4.78 is 1.60. The molecule has 2 N–H and O–H groups in total. The molecule has 0 aliphatic rings. The molecule has 0 radical (unpaired) electrons. The SMILES string of the molecule is CCc1cc(B(O)O)n(CC)n1.O=C=O. The van der Waals surface area contributed by atoms with Gasteiger partial charge in [0, 0.05) is 6.54 Å². The van der Waals surface area contributed by atoms with Gasteiger partial charge in [-0.2, -0.15) is 14.7 Å². The molecule has 0 aromatic carbocycles. The lowest BCUT2D eigenvalue weighted by Gasteiger charge is -2.01. The molecule has 0 amide bonds. The molecule has 0 atom stereocenters. The van der Waals surface area contributed by atoms with Gasteiger partial charge in [-0.3, -0.25) is 4.68 Å². The summed E-state index contributed by atoms with van der Waals surface area (Å²) in [6.45, 7) is 4.56. The number of aromatic nitrogens is 2. The highest BCUT2D eigenvalue weighted by Crippen LogP contribution is 1.94. The van der Waals surface area contributed by atoms with Crippen LogP contribution < -0.4 is 5.59 Å². The van der Waals surface area contributed by atoms with Crippen molar-refractivity contribution in [3.8, 4) is 0 Å². The van der Waals surface area contributed by atoms with Crippen molar-refractivity contribution in [1.82, 2.24) is 9.78 Å². The highest BCUT2D eigenvalue weighted by Gasteiger charge is 2.17. The number of hydrogen-bond donors (Lipinski definition) is 2. The molecule has 7 heteroatoms. The van der Waals surface area contributed by atoms with Crippen LogP contribution in [0.4, 0.5) is 0 Å². The molecule has 1 heterocycles. The fourth-order valence-electron chi connectivity index (χ4n) is 1.12. The molecule has 1 aromatic rings. The number of nitrogens with zero attached hydrogens (tertiary/aromatic N) is 2. The van der Waals surface area contributed by atoms with E-state index in [0.717, 1.165) is 12.1 Å². The van der Waals surface area contributed by atoms with E-state index < -0.39 is 7.12 Å². The number of rotatable bonds is 3. The topological polar surface area (TPSA) is 92.4 Å². The van der Waals surface area contributed by atoms with Crippen LogP contribution in [-0.2, 0) is 22.6 Å². The van der Waals surface area contributed by atoms with Crippen LogP contribution in [0.5, 0.6) is 0 Å². The highest BCUT2D eigenvalue weighted by atomic mass is 16.4. The molecule has 0 bridgehead atoms. The van der Waals surface area contributed by atoms with Crippen LogP contribution in [0.15, 0.2) is 6.07 Å². The van der Waals surface area contributed by atoms with E-state index >= 15 is 0 Å². The Bertz CT molecular complexity index is 331. The van der Waals surface area contributed by atoms with E-state index in [1.54, 1.807) is 10.7 Å². The zero-order valence-corrected chi connectivity index (χ0v) is 8.67. The normalized spacial score (nSPS) is 8.80. The maximum Gasteiger partial charge on any atom is 0.507 e. The lowest BCUT2D eigenvalue weighted by atomic mass is 9.86. The van der Waals surface area contributed by atoms with Crippen LogP contribution in [0.2, 0.25) is 0 Å². The van der Waals surface area contributed by atoms with Crippen molar-refractivity contribution in [3.63, 3.8) is 0 Å². The summed E-state index contributed by atoms with van der Waals surface area (Å²) in [5.74, 6) is 0. The summed E-state index contributed by atoms with van der Waals surface area (Å²) in [6.07, 6.45) is 1.06. The standard InChI is InChI=1S/C7H13BN2O2.CO2/c1-3-6-5-7(8(11)12)10(4-2)9-6;2-1-3/h5,11-12H,3-4H2,1-2H3;. The van der Waals surface area contributed by atoms with Gasteiger partial charge in [-0.05, 0) is 19.4 Å². The summed E-state index contributed by atoms with van der Waals surface area (Å²) in [6, 6.07) is 1.72. The third-order valence-corrected chi connectivity index (χ3v) is 1.79. The molecule has 0 aliphatic heterocycles. The summed E-state index contributed by atoms with van der Waals surface area (Å²) in [5, 5.41) is 22.0. The van der Waals surface area contributed by atoms with Gasteiger partial charge in [0.2, 0.25) is 0 Å². The van der Waals surface area contributed by atoms with E-state index in [9.17, 15) is 0 Å². The lowest BCUT2D eigenvalue weighted by molar-refractivity contribution is -0.191. The number of hydrogen-bond acceptors (Lipinski definition) is 5. The predicted octanol–water partition coefficient (Wildman–Crippen LogP) is -1.44. The molecule has 1 aromatic heterocycles. The Balaban J connectivity index is 0.000000583. The first kappa shape index (κ1) is 13.6. The molecule has 0 unspecified atom stereocenters. The van der Waals surface area contributed by atoms with Gasteiger partial charge in [0.1, 0.15) is 0 Å². The highest BCUT2D eigenvalue weighted by molar-refractivity contribution is 6.57. The second-order valence-electron chi connectivity index (χ2n) is 2.69. The van der Waals surface area contributed by atoms with E-state index in [4.69, 9.17) is 19.6 Å². The zero-order chi connectivity index (χ0) is 11.8. The van der Waals surface area contributed by atoms with Gasteiger partial charge >= 0.3 is 13.3 Å². The Morgan fingerprint density at radius 1 is 1.47 bits per heavy atom. The Hall–Kier alpha value is -1.43. The van der Waals surface area contributed by atoms with Crippen molar-refractivity contribution >= 4 is 18.9 Å². The van der Waals surface area contributed by atoms with Crippen LogP contribution in [0.3, 0.4) is 0 Å². The molecule has 0 saturated heterocycles. The van der Waals surface area contributed by atoms with Crippen molar-refractivity contribution in [2.75, 3.05) is 0 Å². The van der Waals surface area contributed by atoms with Crippen molar-refractivity contribution in [2.45, 2.75) is 26.8 Å². The van der Waals surface area contributed by atoms with Crippen LogP contribution >= 0.6 is 0 Å². The lowest BCUT2D eigenvalue weighted by Crippen LogP contribution is -2.36. The largest absolute Gasteiger partial charge is 0.507 e. The minimum Gasteiger partial charge on any atom is -0.422 e. The quantitative estimate of drug-likeness (QED) is 0.598. The Morgan fingerprint density at radius 2 is 2.00 bits per heavy atom. The molecule has 0 aliphatic carbocycles. The zero-order valence-electron chi connectivity index (χ0n) is 8.67. The Morgan fingerprint density at radius 3 is 2.27 bits per heavy atom. The predicted molar refractivity (Wildman–Crippen MR) is 52.1 cm³/mol. The van der Waals surface area contributed by atoms with E-state index in [-0.39, 0.29) is 6.15 Å². The fraction of sp³-hybridized carbons (Fsp3) is 0.500. The van der Waals surface area contributed by atoms with Gasteiger partial charge in [-0.15, -0.1) is 0 Å². The van der Waals surface area contributed by atoms with Crippen LogP contribution in [0, 0.1) is 0 Å². The molecule has 82 valence electrons. The maximum absolute atomic E-state index is 8.94. The van der Waals surface area contributed by atoms with Crippen molar-refractivity contribution < 1.29 is 19.6 Å². The van der Waals surface area contributed by atoms with E-state index in [1.165, 1.54) is 0 Å². The summed E-state index contributed by atoms with van der Waals surface area (Å²) in [4.78, 5) is 16.2. The average Bonchev–Trinajstić information content (AvgIpc) is 2.62. The van der Waals surface area contributed by atoms with Crippen molar-refractivity contribution in [1.29, 1.82) is 0 Å². The monoisotopic (exact) mass is 212 g/mol. The minimum atomic E-state index is -1.42. The van der Waals surface area contributed by atoms with Crippen LogP contribution in [-0.4, -0.2) is 33.1 Å². The summed E-state index contributed by atoms with van der Waals surface area (Å²) in [5.41, 5.74) is 1.36. The molecule has 0 spiro atoms. The first-order valence-electron chi connectivity index (χ1n) is 4.52. The van der Waals surface area contributed by atoms with Crippen LogP contribution in [0.1, 0.15) is 19.5 Å². The summed E-state index contributed by atoms with van der Waals surface area (Å²) >= 11 is 0. The van der Waals surface area contributed by atoms with Gasteiger partial charge in [0.05, 0.1) is 11.3 Å². The molecule has 6 nitrogen and oxygen atoms in total. The second-order valence-corrected chi connectivity index (χ2v) is 2.69. The van der Waals surface area contributed by atoms with E-state index in [2.05, 4.69) is 5.10 Å². The first-order chi connectivity index (χ1) is 7.10. The smallest absolute Gasteiger partial charge is 0.422 e. The maximum atomic E-state index is 8.94. The molecular formula is C8H13BN2O4. The number of carbonyl (C=O) groups excluding carboxylic acids is 2. The molecular weight excluding hydrogens is 199 g/mol. The summed E-state index contributed by atoms with van der Waals surface area (Å²) in [7, 11) is -1.42. The second kappa shape index (κ2) is 6.95. The fourth-order valence-corrected chi connectivity index (χ4v) is 1.12. The third-order valence-electron chi connectivity index (χ3n) is 1.79.